The van der Waals surface area contributed by atoms with Gasteiger partial charge in [0.1, 0.15) is 0 Å². The van der Waals surface area contributed by atoms with Crippen molar-refractivity contribution in [2.24, 2.45) is 10.8 Å². The van der Waals surface area contributed by atoms with Crippen molar-refractivity contribution in [1.29, 1.82) is 0 Å². The number of nitrogens with two attached hydrogens (primary N) is 1. The quantitative estimate of drug-likeness (QED) is 0.348. The van der Waals surface area contributed by atoms with Crippen LogP contribution in [0.5, 0.6) is 0 Å². The molecule has 4 heteroatoms. The fourth-order valence-electron chi connectivity index (χ4n) is 0.524. The molecule has 0 heterocycles. The molecule has 0 atom stereocenters. The van der Waals surface area contributed by atoms with Gasteiger partial charge in [-0.2, -0.15) is 0 Å². The zero-order valence-electron chi connectivity index (χ0n) is 5.83. The van der Waals surface area contributed by atoms with Gasteiger partial charge < -0.3 is 5.73 Å². The molecule has 0 aliphatic rings. The van der Waals surface area contributed by atoms with Crippen LogP contribution in [0.3, 0.4) is 0 Å². The number of azide groups is 1. The van der Waals surface area contributed by atoms with Crippen molar-refractivity contribution in [3.8, 4) is 0 Å². The molecule has 0 aliphatic heterocycles. The second-order valence-corrected chi connectivity index (χ2v) is 2.54. The Morgan fingerprint density at radius 2 is 2.22 bits per heavy atom. The summed E-state index contributed by atoms with van der Waals surface area (Å²) in [6, 6.07) is 0. The lowest BCUT2D eigenvalue weighted by Crippen LogP contribution is -2.20. The molecule has 2 N–H and O–H groups in total. The molecule has 0 saturated heterocycles. The van der Waals surface area contributed by atoms with Gasteiger partial charge in [-0.25, -0.2) is 0 Å². The Hall–Kier alpha value is -0.730. The highest BCUT2D eigenvalue weighted by atomic mass is 15.2. The van der Waals surface area contributed by atoms with Crippen LogP contribution in [0.2, 0.25) is 0 Å². The molecule has 0 aromatic rings. The van der Waals surface area contributed by atoms with E-state index in [0.29, 0.717) is 6.54 Å². The predicted octanol–water partition coefficient (Wildman–Crippen LogP) is 1.42. The fourth-order valence-corrected chi connectivity index (χ4v) is 0.524. The third-order valence-corrected chi connectivity index (χ3v) is 1.07. The summed E-state index contributed by atoms with van der Waals surface area (Å²) in [4.78, 5) is 2.70. The summed E-state index contributed by atoms with van der Waals surface area (Å²) in [5.41, 5.74) is 13.0. The van der Waals surface area contributed by atoms with Gasteiger partial charge in [-0.3, -0.25) is 0 Å². The Morgan fingerprint density at radius 3 is 2.56 bits per heavy atom. The van der Waals surface area contributed by atoms with Crippen molar-refractivity contribution < 1.29 is 0 Å². The summed E-state index contributed by atoms with van der Waals surface area (Å²) in [6.45, 7) is 4.28. The van der Waals surface area contributed by atoms with E-state index in [9.17, 15) is 0 Å². The van der Waals surface area contributed by atoms with E-state index in [0.717, 1.165) is 6.42 Å². The lowest BCUT2D eigenvalue weighted by molar-refractivity contribution is 0.482. The van der Waals surface area contributed by atoms with E-state index in [-0.39, 0.29) is 5.54 Å². The SMILES string of the molecule is CC(C)(CCN)N=[N+]=[N-]. The summed E-state index contributed by atoms with van der Waals surface area (Å²) in [7, 11) is 0. The van der Waals surface area contributed by atoms with Gasteiger partial charge in [-0.05, 0) is 18.5 Å². The molecule has 0 bridgehead atoms. The number of rotatable bonds is 3. The minimum Gasteiger partial charge on any atom is -0.330 e. The van der Waals surface area contributed by atoms with E-state index in [1.165, 1.54) is 0 Å². The Morgan fingerprint density at radius 1 is 1.67 bits per heavy atom. The highest BCUT2D eigenvalue weighted by molar-refractivity contribution is 4.77. The van der Waals surface area contributed by atoms with Gasteiger partial charge in [0.15, 0.2) is 0 Å². The summed E-state index contributed by atoms with van der Waals surface area (Å²) in [5, 5.41) is 3.55. The molecule has 0 radical (unpaired) electrons. The largest absolute Gasteiger partial charge is 0.330 e. The Balaban J connectivity index is 3.85. The molecular formula is C5H12N4. The van der Waals surface area contributed by atoms with E-state index in [2.05, 4.69) is 10.0 Å². The molecule has 52 valence electrons. The number of hydrogen-bond donors (Lipinski definition) is 1. The zero-order valence-corrected chi connectivity index (χ0v) is 5.83. The van der Waals surface area contributed by atoms with Crippen LogP contribution in [0.15, 0.2) is 5.11 Å². The standard InChI is InChI=1S/C5H12N4/c1-5(2,3-4-6)8-9-7/h3-4,6H2,1-2H3. The van der Waals surface area contributed by atoms with Crippen molar-refractivity contribution in [1.82, 2.24) is 0 Å². The number of nitrogens with zero attached hydrogens (tertiary/aromatic N) is 3. The monoisotopic (exact) mass is 128 g/mol. The Labute approximate surface area is 54.7 Å². The van der Waals surface area contributed by atoms with Crippen LogP contribution in [0.1, 0.15) is 20.3 Å². The van der Waals surface area contributed by atoms with Crippen molar-refractivity contribution in [3.63, 3.8) is 0 Å². The smallest absolute Gasteiger partial charge is 0.0444 e. The molecule has 9 heavy (non-hydrogen) atoms. The summed E-state index contributed by atoms with van der Waals surface area (Å²) >= 11 is 0. The minimum absolute atomic E-state index is 0.316. The van der Waals surface area contributed by atoms with Gasteiger partial charge in [0.2, 0.25) is 0 Å². The minimum atomic E-state index is -0.316. The maximum atomic E-state index is 8.05. The molecule has 0 amide bonds. The van der Waals surface area contributed by atoms with Gasteiger partial charge in [-0.1, -0.05) is 19.0 Å². The van der Waals surface area contributed by atoms with Crippen molar-refractivity contribution in [3.05, 3.63) is 10.4 Å². The maximum absolute atomic E-state index is 8.05. The maximum Gasteiger partial charge on any atom is 0.0444 e. The highest BCUT2D eigenvalue weighted by Gasteiger charge is 2.12. The molecule has 0 rings (SSSR count). The second-order valence-electron chi connectivity index (χ2n) is 2.54. The lowest BCUT2D eigenvalue weighted by atomic mass is 10.0. The van der Waals surface area contributed by atoms with Crippen molar-refractivity contribution >= 4 is 0 Å². The zero-order chi connectivity index (χ0) is 7.33. The highest BCUT2D eigenvalue weighted by Crippen LogP contribution is 2.12. The second kappa shape index (κ2) is 3.33. The van der Waals surface area contributed by atoms with Crippen LogP contribution in [0, 0.1) is 0 Å². The molecule has 0 unspecified atom stereocenters. The van der Waals surface area contributed by atoms with Crippen LogP contribution < -0.4 is 5.73 Å². The Bertz CT molecular complexity index is 123. The van der Waals surface area contributed by atoms with E-state index >= 15 is 0 Å². The van der Waals surface area contributed by atoms with Crippen LogP contribution in [0.4, 0.5) is 0 Å². The molecule has 0 saturated carbocycles. The van der Waals surface area contributed by atoms with Gasteiger partial charge in [0, 0.05) is 10.5 Å². The fraction of sp³-hybridized carbons (Fsp3) is 1.00. The van der Waals surface area contributed by atoms with Crippen LogP contribution in [0.25, 0.3) is 10.4 Å². The predicted molar refractivity (Wildman–Crippen MR) is 36.9 cm³/mol. The molecule has 0 aromatic heterocycles. The van der Waals surface area contributed by atoms with E-state index in [4.69, 9.17) is 11.3 Å². The van der Waals surface area contributed by atoms with E-state index in [1.807, 2.05) is 13.8 Å². The lowest BCUT2D eigenvalue weighted by Gasteiger charge is -2.14. The third kappa shape index (κ3) is 3.82. The summed E-state index contributed by atoms with van der Waals surface area (Å²) in [6.07, 6.45) is 0.733. The molecule has 4 nitrogen and oxygen atoms in total. The van der Waals surface area contributed by atoms with Crippen LogP contribution >= 0.6 is 0 Å². The van der Waals surface area contributed by atoms with Gasteiger partial charge >= 0.3 is 0 Å². The van der Waals surface area contributed by atoms with Gasteiger partial charge in [-0.15, -0.1) is 0 Å². The topological polar surface area (TPSA) is 74.8 Å². The molecule has 0 fully saturated rings. The van der Waals surface area contributed by atoms with E-state index in [1.54, 1.807) is 0 Å². The summed E-state index contributed by atoms with van der Waals surface area (Å²) < 4.78 is 0. The van der Waals surface area contributed by atoms with E-state index < -0.39 is 0 Å². The van der Waals surface area contributed by atoms with Crippen LogP contribution in [-0.4, -0.2) is 12.1 Å². The summed E-state index contributed by atoms with van der Waals surface area (Å²) in [5.74, 6) is 0. The van der Waals surface area contributed by atoms with Crippen molar-refractivity contribution in [2.75, 3.05) is 6.54 Å². The van der Waals surface area contributed by atoms with Crippen LogP contribution in [-0.2, 0) is 0 Å². The average molecular weight is 128 g/mol. The molecule has 0 spiro atoms. The molecule has 0 aliphatic carbocycles. The number of hydrogen-bond acceptors (Lipinski definition) is 2. The normalized spacial score (nSPS) is 10.6. The first-order valence-electron chi connectivity index (χ1n) is 2.89. The first-order valence-corrected chi connectivity index (χ1v) is 2.89. The first kappa shape index (κ1) is 8.27. The first-order chi connectivity index (χ1) is 4.12. The van der Waals surface area contributed by atoms with Gasteiger partial charge in [0.05, 0.1) is 0 Å². The third-order valence-electron chi connectivity index (χ3n) is 1.07. The van der Waals surface area contributed by atoms with Gasteiger partial charge in [0.25, 0.3) is 0 Å². The molecular weight excluding hydrogens is 116 g/mol. The average Bonchev–Trinajstić information content (AvgIpc) is 1.64. The molecule has 0 aromatic carbocycles. The Kier molecular flexibility index (Phi) is 3.06. The van der Waals surface area contributed by atoms with Crippen molar-refractivity contribution in [2.45, 2.75) is 25.8 Å².